The smallest absolute Gasteiger partial charge is 0.266 e. The predicted molar refractivity (Wildman–Crippen MR) is 85.2 cm³/mol. The van der Waals surface area contributed by atoms with E-state index in [1.165, 1.54) is 0 Å². The van der Waals surface area contributed by atoms with Gasteiger partial charge in [0.25, 0.3) is 5.91 Å². The van der Waals surface area contributed by atoms with Gasteiger partial charge in [0.2, 0.25) is 0 Å². The summed E-state index contributed by atoms with van der Waals surface area (Å²) in [5.41, 5.74) is 12.0. The van der Waals surface area contributed by atoms with Gasteiger partial charge >= 0.3 is 0 Å². The highest BCUT2D eigenvalue weighted by molar-refractivity contribution is 6.38. The van der Waals surface area contributed by atoms with Crippen LogP contribution < -0.4 is 16.2 Å². The largest absolute Gasteiger partial charge is 0.457 e. The van der Waals surface area contributed by atoms with Gasteiger partial charge in [0.1, 0.15) is 23.0 Å². The number of aryl methyl sites for hydroxylation is 1. The van der Waals surface area contributed by atoms with Crippen molar-refractivity contribution in [3.8, 4) is 11.5 Å². The SMILES string of the molecule is Cn1c(C(N)=O)c(Cl)c2cc(Oc3ccnc(N)c3)ccc21. The molecule has 1 aromatic carbocycles. The molecule has 0 aliphatic heterocycles. The highest BCUT2D eigenvalue weighted by Gasteiger charge is 2.18. The Morgan fingerprint density at radius 3 is 2.68 bits per heavy atom. The second kappa shape index (κ2) is 5.23. The Bertz CT molecular complexity index is 889. The van der Waals surface area contributed by atoms with Gasteiger partial charge in [-0.05, 0) is 24.3 Å². The molecular weight excluding hydrogens is 304 g/mol. The van der Waals surface area contributed by atoms with E-state index in [4.69, 9.17) is 27.8 Å². The molecule has 0 unspecified atom stereocenters. The molecule has 22 heavy (non-hydrogen) atoms. The van der Waals surface area contributed by atoms with Crippen molar-refractivity contribution in [1.82, 2.24) is 9.55 Å². The van der Waals surface area contributed by atoms with Gasteiger partial charge in [-0.2, -0.15) is 0 Å². The van der Waals surface area contributed by atoms with Gasteiger partial charge < -0.3 is 20.8 Å². The second-order valence-corrected chi connectivity index (χ2v) is 5.16. The molecule has 6 nitrogen and oxygen atoms in total. The first kappa shape index (κ1) is 14.2. The number of carbonyl (C=O) groups excluding carboxylic acids is 1. The fraction of sp³-hybridized carbons (Fsp3) is 0.0667. The Balaban J connectivity index is 2.06. The van der Waals surface area contributed by atoms with Gasteiger partial charge in [0, 0.05) is 24.7 Å². The summed E-state index contributed by atoms with van der Waals surface area (Å²) in [5, 5.41) is 1.00. The molecule has 0 saturated carbocycles. The van der Waals surface area contributed by atoms with Crippen molar-refractivity contribution in [3.63, 3.8) is 0 Å². The summed E-state index contributed by atoms with van der Waals surface area (Å²) in [5.74, 6) is 0.927. The number of fused-ring (bicyclic) bond motifs is 1. The number of nitrogen functional groups attached to an aromatic ring is 1. The topological polar surface area (TPSA) is 96.2 Å². The van der Waals surface area contributed by atoms with Crippen LogP contribution in [-0.2, 0) is 7.05 Å². The first-order valence-corrected chi connectivity index (χ1v) is 6.82. The molecule has 0 atom stereocenters. The third-order valence-electron chi connectivity index (χ3n) is 3.33. The number of pyridine rings is 1. The second-order valence-electron chi connectivity index (χ2n) is 4.78. The van der Waals surface area contributed by atoms with Crippen LogP contribution in [0.5, 0.6) is 11.5 Å². The molecular formula is C15H13ClN4O2. The van der Waals surface area contributed by atoms with Gasteiger partial charge in [-0.3, -0.25) is 4.79 Å². The third kappa shape index (κ3) is 2.33. The van der Waals surface area contributed by atoms with Crippen LogP contribution in [0.25, 0.3) is 10.9 Å². The summed E-state index contributed by atoms with van der Waals surface area (Å²) in [6.45, 7) is 0. The van der Waals surface area contributed by atoms with Gasteiger partial charge in [-0.1, -0.05) is 11.6 Å². The number of nitrogens with zero attached hydrogens (tertiary/aromatic N) is 2. The molecule has 0 saturated heterocycles. The lowest BCUT2D eigenvalue weighted by Gasteiger charge is -2.06. The number of hydrogen-bond donors (Lipinski definition) is 2. The monoisotopic (exact) mass is 316 g/mol. The van der Waals surface area contributed by atoms with Crippen molar-refractivity contribution < 1.29 is 9.53 Å². The van der Waals surface area contributed by atoms with Crippen molar-refractivity contribution in [3.05, 3.63) is 47.2 Å². The number of benzene rings is 1. The number of amides is 1. The molecule has 3 rings (SSSR count). The van der Waals surface area contributed by atoms with E-state index in [2.05, 4.69) is 4.98 Å². The molecule has 2 heterocycles. The van der Waals surface area contributed by atoms with Crippen molar-refractivity contribution in [2.45, 2.75) is 0 Å². The predicted octanol–water partition coefficient (Wildman–Crippen LogP) is 2.70. The third-order valence-corrected chi connectivity index (χ3v) is 3.71. The van der Waals surface area contributed by atoms with E-state index in [1.54, 1.807) is 42.1 Å². The van der Waals surface area contributed by atoms with Crippen molar-refractivity contribution in [2.75, 3.05) is 5.73 Å². The maximum absolute atomic E-state index is 11.5. The maximum Gasteiger partial charge on any atom is 0.266 e. The normalized spacial score (nSPS) is 10.8. The number of rotatable bonds is 3. The summed E-state index contributed by atoms with van der Waals surface area (Å²) in [7, 11) is 1.73. The van der Waals surface area contributed by atoms with E-state index in [0.717, 1.165) is 5.52 Å². The summed E-state index contributed by atoms with van der Waals surface area (Å²) in [6.07, 6.45) is 1.56. The van der Waals surface area contributed by atoms with Gasteiger partial charge in [0.15, 0.2) is 0 Å². The Hall–Kier alpha value is -2.73. The molecule has 7 heteroatoms. The molecule has 0 bridgehead atoms. The highest BCUT2D eigenvalue weighted by atomic mass is 35.5. The zero-order valence-electron chi connectivity index (χ0n) is 11.7. The zero-order chi connectivity index (χ0) is 15.9. The molecule has 0 aliphatic carbocycles. The quantitative estimate of drug-likeness (QED) is 0.776. The lowest BCUT2D eigenvalue weighted by atomic mass is 10.2. The molecule has 0 fully saturated rings. The lowest BCUT2D eigenvalue weighted by molar-refractivity contribution is 0.0993. The standard InChI is InChI=1S/C15H13ClN4O2/c1-20-11-3-2-8(22-9-4-5-19-12(17)7-9)6-10(11)13(16)14(20)15(18)21/h2-7H,1H3,(H2,17,19)(H2,18,21). The highest BCUT2D eigenvalue weighted by Crippen LogP contribution is 2.33. The first-order valence-electron chi connectivity index (χ1n) is 6.44. The summed E-state index contributed by atoms with van der Waals surface area (Å²) < 4.78 is 7.39. The van der Waals surface area contributed by atoms with E-state index < -0.39 is 5.91 Å². The molecule has 2 aromatic heterocycles. The van der Waals surface area contributed by atoms with E-state index in [1.807, 2.05) is 6.07 Å². The Morgan fingerprint density at radius 2 is 2.00 bits per heavy atom. The number of ether oxygens (including phenoxy) is 1. The number of carbonyl (C=O) groups is 1. The molecule has 0 radical (unpaired) electrons. The van der Waals surface area contributed by atoms with Gasteiger partial charge in [-0.15, -0.1) is 0 Å². The van der Waals surface area contributed by atoms with Crippen LogP contribution in [0.2, 0.25) is 5.02 Å². The van der Waals surface area contributed by atoms with Gasteiger partial charge in [0.05, 0.1) is 10.5 Å². The first-order chi connectivity index (χ1) is 10.5. The Labute approximate surface area is 131 Å². The molecule has 1 amide bonds. The van der Waals surface area contributed by atoms with E-state index in [0.29, 0.717) is 27.7 Å². The molecule has 0 aliphatic rings. The fourth-order valence-electron chi connectivity index (χ4n) is 2.34. The van der Waals surface area contributed by atoms with Crippen LogP contribution in [0.3, 0.4) is 0 Å². The van der Waals surface area contributed by atoms with Crippen molar-refractivity contribution in [2.24, 2.45) is 12.8 Å². The van der Waals surface area contributed by atoms with Crippen LogP contribution in [0.15, 0.2) is 36.5 Å². The minimum Gasteiger partial charge on any atom is -0.457 e. The van der Waals surface area contributed by atoms with Crippen LogP contribution in [0.1, 0.15) is 10.5 Å². The number of aromatic nitrogens is 2. The Morgan fingerprint density at radius 1 is 1.27 bits per heavy atom. The van der Waals surface area contributed by atoms with E-state index in [-0.39, 0.29) is 5.69 Å². The minimum atomic E-state index is -0.576. The summed E-state index contributed by atoms with van der Waals surface area (Å²) >= 11 is 6.25. The molecule has 0 spiro atoms. The Kier molecular flexibility index (Phi) is 3.38. The summed E-state index contributed by atoms with van der Waals surface area (Å²) in [6, 6.07) is 8.65. The number of nitrogens with two attached hydrogens (primary N) is 2. The van der Waals surface area contributed by atoms with Crippen LogP contribution in [0.4, 0.5) is 5.82 Å². The molecule has 4 N–H and O–H groups in total. The number of hydrogen-bond acceptors (Lipinski definition) is 4. The summed E-state index contributed by atoms with van der Waals surface area (Å²) in [4.78, 5) is 15.4. The van der Waals surface area contributed by atoms with Crippen LogP contribution >= 0.6 is 11.6 Å². The lowest BCUT2D eigenvalue weighted by Crippen LogP contribution is -2.15. The molecule has 3 aromatic rings. The maximum atomic E-state index is 11.5. The van der Waals surface area contributed by atoms with Crippen molar-refractivity contribution in [1.29, 1.82) is 0 Å². The van der Waals surface area contributed by atoms with E-state index in [9.17, 15) is 4.79 Å². The van der Waals surface area contributed by atoms with Crippen LogP contribution in [-0.4, -0.2) is 15.5 Å². The van der Waals surface area contributed by atoms with Crippen LogP contribution in [0, 0.1) is 0 Å². The fourth-order valence-corrected chi connectivity index (χ4v) is 2.71. The average Bonchev–Trinajstić information content (AvgIpc) is 2.70. The zero-order valence-corrected chi connectivity index (χ0v) is 12.5. The van der Waals surface area contributed by atoms with Gasteiger partial charge in [-0.25, -0.2) is 4.98 Å². The number of primary amides is 1. The molecule has 112 valence electrons. The number of anilines is 1. The number of halogens is 1. The van der Waals surface area contributed by atoms with E-state index >= 15 is 0 Å². The average molecular weight is 317 g/mol. The minimum absolute atomic E-state index is 0.266. The van der Waals surface area contributed by atoms with Crippen molar-refractivity contribution >= 4 is 34.2 Å².